The Kier molecular flexibility index (Phi) is 4.66. The molecule has 1 aliphatic heterocycles. The number of aryl methyl sites for hydroxylation is 1. The predicted octanol–water partition coefficient (Wildman–Crippen LogP) is 1.88. The fraction of sp³-hybridized carbons (Fsp3) is 0.500. The van der Waals surface area contributed by atoms with Gasteiger partial charge < -0.3 is 4.90 Å². The van der Waals surface area contributed by atoms with Gasteiger partial charge in [0.1, 0.15) is 0 Å². The molecule has 0 spiro atoms. The molecule has 23 heavy (non-hydrogen) atoms. The summed E-state index contributed by atoms with van der Waals surface area (Å²) in [5.41, 5.74) is 1.34. The van der Waals surface area contributed by atoms with E-state index >= 15 is 0 Å². The summed E-state index contributed by atoms with van der Waals surface area (Å²) < 4.78 is 1.65. The third-order valence-electron chi connectivity index (χ3n) is 4.43. The molecule has 1 aliphatic rings. The number of hydrogen-bond donors (Lipinski definition) is 0. The van der Waals surface area contributed by atoms with Crippen molar-refractivity contribution < 1.29 is 4.79 Å². The van der Waals surface area contributed by atoms with E-state index in [0.717, 1.165) is 30.4 Å². The molecule has 1 aromatic carbocycles. The Labute approximate surface area is 140 Å². The Balaban J connectivity index is 1.62. The van der Waals surface area contributed by atoms with Crippen LogP contribution in [0.15, 0.2) is 35.5 Å². The number of rotatable bonds is 5. The molecule has 0 aliphatic carbocycles. The van der Waals surface area contributed by atoms with Crippen molar-refractivity contribution in [3.05, 3.63) is 35.9 Å². The second-order valence-electron chi connectivity index (χ2n) is 6.18. The van der Waals surface area contributed by atoms with Crippen LogP contribution in [0.5, 0.6) is 0 Å². The summed E-state index contributed by atoms with van der Waals surface area (Å²) in [5.74, 6) is 1.04. The number of thioether (sulfide) groups is 1. The molecule has 0 saturated carbocycles. The average molecular weight is 331 g/mol. The number of aromatic nitrogens is 4. The Hall–Kier alpha value is -1.89. The summed E-state index contributed by atoms with van der Waals surface area (Å²) in [7, 11) is 1.82. The first-order chi connectivity index (χ1) is 11.1. The van der Waals surface area contributed by atoms with E-state index in [2.05, 4.69) is 46.7 Å². The van der Waals surface area contributed by atoms with Crippen LogP contribution < -0.4 is 0 Å². The number of amides is 1. The predicted molar refractivity (Wildman–Crippen MR) is 89.1 cm³/mol. The van der Waals surface area contributed by atoms with Gasteiger partial charge in [-0.1, -0.05) is 49.0 Å². The van der Waals surface area contributed by atoms with Gasteiger partial charge >= 0.3 is 0 Å². The topological polar surface area (TPSA) is 63.9 Å². The lowest BCUT2D eigenvalue weighted by molar-refractivity contribution is -0.134. The van der Waals surface area contributed by atoms with Crippen molar-refractivity contribution >= 4 is 17.7 Å². The minimum atomic E-state index is 0.0339. The van der Waals surface area contributed by atoms with Gasteiger partial charge in [0.15, 0.2) is 0 Å². The van der Waals surface area contributed by atoms with E-state index in [0.29, 0.717) is 6.42 Å². The molecule has 2 aromatic rings. The van der Waals surface area contributed by atoms with E-state index in [4.69, 9.17) is 0 Å². The molecule has 0 N–H and O–H groups in total. The van der Waals surface area contributed by atoms with Gasteiger partial charge in [-0.15, -0.1) is 5.10 Å². The molecule has 122 valence electrons. The molecule has 2 heterocycles. The summed E-state index contributed by atoms with van der Waals surface area (Å²) >= 11 is 1.58. The van der Waals surface area contributed by atoms with Crippen LogP contribution in [0.3, 0.4) is 0 Å². The van der Waals surface area contributed by atoms with Crippen molar-refractivity contribution in [2.24, 2.45) is 7.05 Å². The first-order valence-corrected chi connectivity index (χ1v) is 8.75. The largest absolute Gasteiger partial charge is 0.341 e. The van der Waals surface area contributed by atoms with E-state index in [1.807, 2.05) is 18.0 Å². The number of carbonyl (C=O) groups is 1. The number of nitrogens with zero attached hydrogens (tertiary/aromatic N) is 5. The first kappa shape index (κ1) is 16.0. The standard InChI is InChI=1S/C16H21N5OS/c1-16(13-6-4-3-5-7-13)9-8-14(22)21(12-16)10-11-23-15-17-18-19-20(15)2/h3-7H,8-12H2,1-2H3/t16-/m0/s1. The van der Waals surface area contributed by atoms with Crippen LogP contribution in [-0.2, 0) is 17.3 Å². The van der Waals surface area contributed by atoms with E-state index in [9.17, 15) is 4.79 Å². The molecular weight excluding hydrogens is 310 g/mol. The number of carbonyl (C=O) groups excluding carboxylic acids is 1. The van der Waals surface area contributed by atoms with Crippen molar-refractivity contribution in [1.29, 1.82) is 0 Å². The number of hydrogen-bond acceptors (Lipinski definition) is 5. The number of piperidine rings is 1. The van der Waals surface area contributed by atoms with E-state index in [1.54, 1.807) is 16.4 Å². The van der Waals surface area contributed by atoms with Crippen LogP contribution in [0, 0.1) is 0 Å². The first-order valence-electron chi connectivity index (χ1n) is 7.77. The van der Waals surface area contributed by atoms with Gasteiger partial charge in [0, 0.05) is 37.7 Å². The lowest BCUT2D eigenvalue weighted by atomic mass is 9.76. The Morgan fingerprint density at radius 3 is 2.78 bits per heavy atom. The lowest BCUT2D eigenvalue weighted by Gasteiger charge is -2.40. The fourth-order valence-electron chi connectivity index (χ4n) is 3.00. The highest BCUT2D eigenvalue weighted by molar-refractivity contribution is 7.99. The Morgan fingerprint density at radius 1 is 1.30 bits per heavy atom. The van der Waals surface area contributed by atoms with Crippen molar-refractivity contribution in [2.45, 2.75) is 30.3 Å². The third kappa shape index (κ3) is 3.55. The zero-order valence-corrected chi connectivity index (χ0v) is 14.3. The normalized spacial score (nSPS) is 21.7. The summed E-state index contributed by atoms with van der Waals surface area (Å²) in [5, 5.41) is 12.2. The summed E-state index contributed by atoms with van der Waals surface area (Å²) in [6.07, 6.45) is 1.52. The highest BCUT2D eigenvalue weighted by atomic mass is 32.2. The minimum Gasteiger partial charge on any atom is -0.341 e. The second kappa shape index (κ2) is 6.70. The summed E-state index contributed by atoms with van der Waals surface area (Å²) in [4.78, 5) is 14.2. The van der Waals surface area contributed by atoms with Crippen LogP contribution >= 0.6 is 11.8 Å². The average Bonchev–Trinajstić information content (AvgIpc) is 2.97. The highest BCUT2D eigenvalue weighted by Gasteiger charge is 2.35. The van der Waals surface area contributed by atoms with Crippen LogP contribution in [0.25, 0.3) is 0 Å². The molecule has 1 atom stereocenters. The van der Waals surface area contributed by atoms with Gasteiger partial charge in [-0.2, -0.15) is 0 Å². The number of likely N-dealkylation sites (tertiary alicyclic amines) is 1. The quantitative estimate of drug-likeness (QED) is 0.783. The maximum atomic E-state index is 12.2. The molecule has 0 unspecified atom stereocenters. The maximum Gasteiger partial charge on any atom is 0.222 e. The van der Waals surface area contributed by atoms with Gasteiger partial charge in [0.2, 0.25) is 11.1 Å². The van der Waals surface area contributed by atoms with E-state index < -0.39 is 0 Å². The number of benzene rings is 1. The Bertz CT molecular complexity index is 674. The summed E-state index contributed by atoms with van der Waals surface area (Å²) in [6, 6.07) is 10.5. The zero-order valence-electron chi connectivity index (χ0n) is 13.5. The van der Waals surface area contributed by atoms with Crippen molar-refractivity contribution in [3.8, 4) is 0 Å². The van der Waals surface area contributed by atoms with Crippen molar-refractivity contribution in [1.82, 2.24) is 25.1 Å². The molecule has 1 amide bonds. The van der Waals surface area contributed by atoms with Crippen molar-refractivity contribution in [3.63, 3.8) is 0 Å². The van der Waals surface area contributed by atoms with Crippen LogP contribution in [0.2, 0.25) is 0 Å². The molecule has 0 bridgehead atoms. The van der Waals surface area contributed by atoms with Gasteiger partial charge in [-0.05, 0) is 22.4 Å². The van der Waals surface area contributed by atoms with Gasteiger partial charge in [-0.3, -0.25) is 4.79 Å². The maximum absolute atomic E-state index is 12.2. The second-order valence-corrected chi connectivity index (χ2v) is 7.24. The lowest BCUT2D eigenvalue weighted by Crippen LogP contribution is -2.48. The number of tetrazole rings is 1. The fourth-order valence-corrected chi connectivity index (χ4v) is 3.81. The van der Waals surface area contributed by atoms with Gasteiger partial charge in [0.05, 0.1) is 0 Å². The van der Waals surface area contributed by atoms with Crippen molar-refractivity contribution in [2.75, 3.05) is 18.8 Å². The molecule has 3 rings (SSSR count). The molecule has 1 fully saturated rings. The third-order valence-corrected chi connectivity index (χ3v) is 5.42. The SMILES string of the molecule is Cn1nnnc1SCCN1C[C@@](C)(c2ccccc2)CCC1=O. The smallest absolute Gasteiger partial charge is 0.222 e. The monoisotopic (exact) mass is 331 g/mol. The van der Waals surface area contributed by atoms with Crippen LogP contribution in [0.4, 0.5) is 0 Å². The highest BCUT2D eigenvalue weighted by Crippen LogP contribution is 2.34. The Morgan fingerprint density at radius 2 is 2.09 bits per heavy atom. The van der Waals surface area contributed by atoms with Gasteiger partial charge in [-0.25, -0.2) is 4.68 Å². The van der Waals surface area contributed by atoms with Crippen LogP contribution in [-0.4, -0.2) is 49.9 Å². The molecule has 1 saturated heterocycles. The molecular formula is C16H21N5OS. The molecule has 0 radical (unpaired) electrons. The molecule has 7 heteroatoms. The zero-order chi connectivity index (χ0) is 16.3. The van der Waals surface area contributed by atoms with E-state index in [-0.39, 0.29) is 11.3 Å². The minimum absolute atomic E-state index is 0.0339. The van der Waals surface area contributed by atoms with Crippen LogP contribution in [0.1, 0.15) is 25.3 Å². The molecule has 6 nitrogen and oxygen atoms in total. The van der Waals surface area contributed by atoms with E-state index in [1.165, 1.54) is 5.56 Å². The van der Waals surface area contributed by atoms with Gasteiger partial charge in [0.25, 0.3) is 0 Å². The summed E-state index contributed by atoms with van der Waals surface area (Å²) in [6.45, 7) is 3.74. The molecule has 1 aromatic heterocycles.